The second-order valence-corrected chi connectivity index (χ2v) is 3.24. The summed E-state index contributed by atoms with van der Waals surface area (Å²) in [5, 5.41) is 11.5. The number of nitrogens with one attached hydrogen (secondary N) is 1. The van der Waals surface area contributed by atoms with Crippen molar-refractivity contribution in [3.8, 4) is 0 Å². The summed E-state index contributed by atoms with van der Waals surface area (Å²) >= 11 is 0. The molecule has 0 aliphatic heterocycles. The van der Waals surface area contributed by atoms with E-state index in [2.05, 4.69) is 17.2 Å². The molecule has 1 rings (SSSR count). The van der Waals surface area contributed by atoms with Crippen LogP contribution in [0.15, 0.2) is 10.7 Å². The molecule has 0 atom stereocenters. The number of ether oxygens (including phenoxy) is 1. The van der Waals surface area contributed by atoms with Crippen LogP contribution in [0.2, 0.25) is 0 Å². The van der Waals surface area contributed by atoms with Crippen LogP contribution in [0.4, 0.5) is 6.01 Å². The van der Waals surface area contributed by atoms with Crippen molar-refractivity contribution in [1.29, 1.82) is 0 Å². The summed E-state index contributed by atoms with van der Waals surface area (Å²) in [4.78, 5) is 14.2. The maximum Gasteiger partial charge on any atom is 0.357 e. The van der Waals surface area contributed by atoms with Gasteiger partial charge >= 0.3 is 5.97 Å². The van der Waals surface area contributed by atoms with Crippen LogP contribution in [-0.2, 0) is 4.74 Å². The second kappa shape index (κ2) is 6.84. The van der Waals surface area contributed by atoms with Crippen LogP contribution in [0.5, 0.6) is 0 Å². The lowest BCUT2D eigenvalue weighted by atomic mass is 10.4. The minimum atomic E-state index is -1.09. The minimum absolute atomic E-state index is 0.0928. The van der Waals surface area contributed by atoms with E-state index in [1.54, 1.807) is 0 Å². The van der Waals surface area contributed by atoms with Gasteiger partial charge in [0.2, 0.25) is 0 Å². The first-order valence-electron chi connectivity index (χ1n) is 5.24. The van der Waals surface area contributed by atoms with E-state index in [9.17, 15) is 4.79 Å². The average Bonchev–Trinajstić information content (AvgIpc) is 2.72. The summed E-state index contributed by atoms with van der Waals surface area (Å²) in [6, 6.07) is 0.230. The summed E-state index contributed by atoms with van der Waals surface area (Å²) in [6.07, 6.45) is 2.94. The summed E-state index contributed by atoms with van der Waals surface area (Å²) in [5.74, 6) is -1.09. The fourth-order valence-electron chi connectivity index (χ4n) is 1.07. The van der Waals surface area contributed by atoms with E-state index in [4.69, 9.17) is 14.3 Å². The third-order valence-electron chi connectivity index (χ3n) is 1.81. The van der Waals surface area contributed by atoms with E-state index >= 15 is 0 Å². The first-order valence-corrected chi connectivity index (χ1v) is 5.24. The van der Waals surface area contributed by atoms with Gasteiger partial charge in [-0.05, 0) is 12.8 Å². The zero-order chi connectivity index (χ0) is 11.8. The number of carboxylic acid groups (broad SMARTS) is 1. The van der Waals surface area contributed by atoms with Crippen molar-refractivity contribution in [1.82, 2.24) is 4.98 Å². The smallest absolute Gasteiger partial charge is 0.357 e. The molecule has 0 aromatic carbocycles. The molecule has 0 radical (unpaired) electrons. The minimum Gasteiger partial charge on any atom is -0.476 e. The Morgan fingerprint density at radius 1 is 1.62 bits per heavy atom. The highest BCUT2D eigenvalue weighted by Gasteiger charge is 2.09. The standard InChI is InChI=1S/C10H16N2O4/c1-2-5-15-6-3-4-11-10-12-8(7-16-10)9(13)14/h7H,2-6H2,1H3,(H,11,12)(H,13,14). The van der Waals surface area contributed by atoms with E-state index in [0.29, 0.717) is 13.2 Å². The second-order valence-electron chi connectivity index (χ2n) is 3.24. The van der Waals surface area contributed by atoms with E-state index < -0.39 is 5.97 Å². The molecule has 0 spiro atoms. The molecule has 0 amide bonds. The molecule has 0 aliphatic rings. The van der Waals surface area contributed by atoms with Gasteiger partial charge in [0.15, 0.2) is 5.69 Å². The van der Waals surface area contributed by atoms with Crippen LogP contribution < -0.4 is 5.32 Å². The van der Waals surface area contributed by atoms with E-state index in [1.807, 2.05) is 0 Å². The summed E-state index contributed by atoms with van der Waals surface area (Å²) in [7, 11) is 0. The van der Waals surface area contributed by atoms with E-state index in [0.717, 1.165) is 25.7 Å². The number of nitrogens with zero attached hydrogens (tertiary/aromatic N) is 1. The number of hydrogen-bond acceptors (Lipinski definition) is 5. The van der Waals surface area contributed by atoms with Gasteiger partial charge in [0.05, 0.1) is 0 Å². The Labute approximate surface area is 93.6 Å². The number of carbonyl (C=O) groups is 1. The zero-order valence-corrected chi connectivity index (χ0v) is 9.23. The Morgan fingerprint density at radius 2 is 2.44 bits per heavy atom. The molecule has 2 N–H and O–H groups in total. The highest BCUT2D eigenvalue weighted by atomic mass is 16.5. The van der Waals surface area contributed by atoms with Gasteiger partial charge in [0.1, 0.15) is 6.26 Å². The summed E-state index contributed by atoms with van der Waals surface area (Å²) < 4.78 is 10.2. The van der Waals surface area contributed by atoms with Gasteiger partial charge in [-0.2, -0.15) is 4.98 Å². The Bertz CT molecular complexity index is 324. The Balaban J connectivity index is 2.14. The highest BCUT2D eigenvalue weighted by molar-refractivity contribution is 5.85. The molecule has 1 aromatic rings. The molecule has 1 heterocycles. The van der Waals surface area contributed by atoms with Gasteiger partial charge in [-0.3, -0.25) is 0 Å². The van der Waals surface area contributed by atoms with E-state index in [-0.39, 0.29) is 11.7 Å². The van der Waals surface area contributed by atoms with Crippen molar-refractivity contribution in [3.63, 3.8) is 0 Å². The summed E-state index contributed by atoms with van der Waals surface area (Å²) in [6.45, 7) is 4.14. The first-order chi connectivity index (χ1) is 7.74. The zero-order valence-electron chi connectivity index (χ0n) is 9.23. The molecule has 0 fully saturated rings. The molecule has 0 saturated carbocycles. The van der Waals surface area contributed by atoms with Crippen LogP contribution in [0.1, 0.15) is 30.3 Å². The number of carboxylic acids is 1. The molecular formula is C10H16N2O4. The van der Waals surface area contributed by atoms with Gasteiger partial charge in [-0.25, -0.2) is 4.79 Å². The summed E-state index contributed by atoms with van der Waals surface area (Å²) in [5.41, 5.74) is -0.0928. The molecule has 1 aromatic heterocycles. The molecule has 90 valence electrons. The molecule has 0 aliphatic carbocycles. The number of rotatable bonds is 8. The van der Waals surface area contributed by atoms with Crippen LogP contribution in [0.25, 0.3) is 0 Å². The van der Waals surface area contributed by atoms with Crippen molar-refractivity contribution >= 4 is 12.0 Å². The molecule has 16 heavy (non-hydrogen) atoms. The quantitative estimate of drug-likeness (QED) is 0.657. The number of hydrogen-bond donors (Lipinski definition) is 2. The van der Waals surface area contributed by atoms with Gasteiger partial charge in [0.25, 0.3) is 6.01 Å². The Kier molecular flexibility index (Phi) is 5.35. The Morgan fingerprint density at radius 3 is 3.06 bits per heavy atom. The lowest BCUT2D eigenvalue weighted by Crippen LogP contribution is -2.06. The van der Waals surface area contributed by atoms with Gasteiger partial charge < -0.3 is 19.6 Å². The van der Waals surface area contributed by atoms with Crippen molar-refractivity contribution in [2.75, 3.05) is 25.1 Å². The number of oxazole rings is 1. The topological polar surface area (TPSA) is 84.6 Å². The van der Waals surface area contributed by atoms with Crippen LogP contribution >= 0.6 is 0 Å². The molecule has 6 heteroatoms. The largest absolute Gasteiger partial charge is 0.476 e. The van der Waals surface area contributed by atoms with Gasteiger partial charge in [0, 0.05) is 19.8 Å². The monoisotopic (exact) mass is 228 g/mol. The van der Waals surface area contributed by atoms with Crippen LogP contribution in [-0.4, -0.2) is 35.8 Å². The SMILES string of the molecule is CCCOCCCNc1nc(C(=O)O)co1. The lowest BCUT2D eigenvalue weighted by Gasteiger charge is -2.02. The highest BCUT2D eigenvalue weighted by Crippen LogP contribution is 2.06. The fourth-order valence-corrected chi connectivity index (χ4v) is 1.07. The molecule has 0 unspecified atom stereocenters. The van der Waals surface area contributed by atoms with Crippen molar-refractivity contribution in [3.05, 3.63) is 12.0 Å². The van der Waals surface area contributed by atoms with E-state index in [1.165, 1.54) is 0 Å². The number of aromatic nitrogens is 1. The maximum atomic E-state index is 10.5. The predicted molar refractivity (Wildman–Crippen MR) is 57.7 cm³/mol. The van der Waals surface area contributed by atoms with Crippen molar-refractivity contribution in [2.24, 2.45) is 0 Å². The third-order valence-corrected chi connectivity index (χ3v) is 1.81. The first kappa shape index (κ1) is 12.5. The Hall–Kier alpha value is -1.56. The normalized spacial score (nSPS) is 10.3. The molecular weight excluding hydrogens is 212 g/mol. The van der Waals surface area contributed by atoms with Crippen LogP contribution in [0.3, 0.4) is 0 Å². The van der Waals surface area contributed by atoms with Crippen LogP contribution in [0, 0.1) is 0 Å². The molecule has 6 nitrogen and oxygen atoms in total. The fraction of sp³-hybridized carbons (Fsp3) is 0.600. The maximum absolute atomic E-state index is 10.5. The molecule has 0 saturated heterocycles. The predicted octanol–water partition coefficient (Wildman–Crippen LogP) is 1.60. The van der Waals surface area contributed by atoms with Gasteiger partial charge in [-0.1, -0.05) is 6.92 Å². The molecule has 0 bridgehead atoms. The average molecular weight is 228 g/mol. The number of anilines is 1. The van der Waals surface area contributed by atoms with Crippen molar-refractivity contribution < 1.29 is 19.1 Å². The lowest BCUT2D eigenvalue weighted by molar-refractivity contribution is 0.0690. The number of aromatic carboxylic acids is 1. The van der Waals surface area contributed by atoms with Gasteiger partial charge in [-0.15, -0.1) is 0 Å². The third kappa shape index (κ3) is 4.31. The van der Waals surface area contributed by atoms with Crippen molar-refractivity contribution in [2.45, 2.75) is 19.8 Å².